The highest BCUT2D eigenvalue weighted by Gasteiger charge is 2.10. The third-order valence-electron chi connectivity index (χ3n) is 3.41. The summed E-state index contributed by atoms with van der Waals surface area (Å²) in [5, 5.41) is 0. The highest BCUT2D eigenvalue weighted by Crippen LogP contribution is 2.30. The van der Waals surface area contributed by atoms with Crippen LogP contribution >= 0.6 is 0 Å². The Morgan fingerprint density at radius 3 is 2.17 bits per heavy atom. The molecule has 2 rings (SSSR count). The Hall–Kier alpha value is -2.82. The number of hydrogen-bond donors (Lipinski definition) is 2. The van der Waals surface area contributed by atoms with Crippen molar-refractivity contribution < 1.29 is 4.74 Å². The number of nitrogens with zero attached hydrogens (tertiary/aromatic N) is 2. The van der Waals surface area contributed by atoms with Crippen molar-refractivity contribution in [3.63, 3.8) is 0 Å². The van der Waals surface area contributed by atoms with Crippen molar-refractivity contribution in [1.82, 2.24) is 9.97 Å². The first-order valence-corrected chi connectivity index (χ1v) is 7.42. The van der Waals surface area contributed by atoms with Crippen LogP contribution in [0.1, 0.15) is 36.1 Å². The Morgan fingerprint density at radius 2 is 1.70 bits per heavy atom. The van der Waals surface area contributed by atoms with Crippen molar-refractivity contribution in [1.29, 1.82) is 0 Å². The number of benzene rings is 1. The summed E-state index contributed by atoms with van der Waals surface area (Å²) in [5.74, 6) is 1.45. The van der Waals surface area contributed by atoms with Crippen LogP contribution in [-0.2, 0) is 6.42 Å². The number of rotatable bonds is 5. The molecule has 0 aliphatic carbocycles. The largest absolute Gasteiger partial charge is 0.496 e. The second kappa shape index (κ2) is 7.45. The van der Waals surface area contributed by atoms with Gasteiger partial charge in [-0.2, -0.15) is 4.98 Å². The first kappa shape index (κ1) is 16.5. The summed E-state index contributed by atoms with van der Waals surface area (Å²) in [5.41, 5.74) is 15.5. The normalized spacial score (nSPS) is 11.4. The van der Waals surface area contributed by atoms with Gasteiger partial charge >= 0.3 is 0 Å². The highest BCUT2D eigenvalue weighted by atomic mass is 16.5. The fourth-order valence-corrected chi connectivity index (χ4v) is 2.47. The van der Waals surface area contributed by atoms with Crippen molar-refractivity contribution >= 4 is 23.9 Å². The molecule has 0 saturated heterocycles. The maximum absolute atomic E-state index is 5.93. The standard InChI is InChI=1S/C18H22N4O/c1-4-6-13-8-12(9-14(7-5-2)16(13)23-3)10-15-11-21-18(20)22-17(15)19/h4-9,11H,10H2,1-3H3,(H4,19,20,21,22)/b6-4+,7-5+. The van der Waals surface area contributed by atoms with E-state index in [0.29, 0.717) is 12.2 Å². The Kier molecular flexibility index (Phi) is 5.36. The Bertz CT molecular complexity index is 718. The van der Waals surface area contributed by atoms with Crippen molar-refractivity contribution in [3.05, 3.63) is 52.7 Å². The smallest absolute Gasteiger partial charge is 0.221 e. The maximum atomic E-state index is 5.93. The predicted molar refractivity (Wildman–Crippen MR) is 96.1 cm³/mol. The summed E-state index contributed by atoms with van der Waals surface area (Å²) in [6.45, 7) is 3.96. The van der Waals surface area contributed by atoms with Gasteiger partial charge in [-0.25, -0.2) is 4.98 Å². The Labute approximate surface area is 136 Å². The van der Waals surface area contributed by atoms with Crippen LogP contribution in [-0.4, -0.2) is 17.1 Å². The van der Waals surface area contributed by atoms with Crippen LogP contribution in [0.25, 0.3) is 12.2 Å². The zero-order valence-electron chi connectivity index (χ0n) is 13.7. The summed E-state index contributed by atoms with van der Waals surface area (Å²) in [7, 11) is 1.68. The topological polar surface area (TPSA) is 87.0 Å². The van der Waals surface area contributed by atoms with E-state index >= 15 is 0 Å². The molecule has 5 nitrogen and oxygen atoms in total. The minimum absolute atomic E-state index is 0.185. The van der Waals surface area contributed by atoms with Crippen LogP contribution in [0.4, 0.5) is 11.8 Å². The van der Waals surface area contributed by atoms with Crippen LogP contribution in [0.2, 0.25) is 0 Å². The number of anilines is 2. The quantitative estimate of drug-likeness (QED) is 0.884. The van der Waals surface area contributed by atoms with Gasteiger partial charge in [0.1, 0.15) is 11.6 Å². The molecule has 0 spiro atoms. The number of nitrogen functional groups attached to an aromatic ring is 2. The monoisotopic (exact) mass is 310 g/mol. The molecule has 0 unspecified atom stereocenters. The molecule has 1 aromatic heterocycles. The maximum Gasteiger partial charge on any atom is 0.221 e. The van der Waals surface area contributed by atoms with Crippen molar-refractivity contribution in [3.8, 4) is 5.75 Å². The van der Waals surface area contributed by atoms with Crippen molar-refractivity contribution in [2.75, 3.05) is 18.6 Å². The number of hydrogen-bond acceptors (Lipinski definition) is 5. The van der Waals surface area contributed by atoms with E-state index in [1.807, 2.05) is 38.2 Å². The van der Waals surface area contributed by atoms with Gasteiger partial charge in [0.15, 0.2) is 0 Å². The predicted octanol–water partition coefficient (Wildman–Crippen LogP) is 3.31. The van der Waals surface area contributed by atoms with E-state index in [0.717, 1.165) is 28.0 Å². The lowest BCUT2D eigenvalue weighted by Crippen LogP contribution is -2.04. The van der Waals surface area contributed by atoms with Gasteiger partial charge in [-0.15, -0.1) is 0 Å². The molecule has 120 valence electrons. The van der Waals surface area contributed by atoms with E-state index in [2.05, 4.69) is 22.1 Å². The van der Waals surface area contributed by atoms with Gasteiger partial charge in [-0.05, 0) is 31.5 Å². The average molecular weight is 310 g/mol. The van der Waals surface area contributed by atoms with E-state index in [-0.39, 0.29) is 5.95 Å². The number of aromatic nitrogens is 2. The minimum atomic E-state index is 0.185. The van der Waals surface area contributed by atoms with Crippen LogP contribution in [0.15, 0.2) is 30.5 Å². The number of allylic oxidation sites excluding steroid dienone is 2. The second-order valence-corrected chi connectivity index (χ2v) is 5.12. The van der Waals surface area contributed by atoms with Crippen LogP contribution in [0, 0.1) is 0 Å². The lowest BCUT2D eigenvalue weighted by Gasteiger charge is -2.13. The SMILES string of the molecule is C/C=C/c1cc(Cc2cnc(N)nc2N)cc(/C=C/C)c1OC. The van der Waals surface area contributed by atoms with Gasteiger partial charge in [0, 0.05) is 29.3 Å². The first-order valence-electron chi connectivity index (χ1n) is 7.42. The molecular formula is C18H22N4O. The van der Waals surface area contributed by atoms with Crippen molar-refractivity contribution in [2.45, 2.75) is 20.3 Å². The fraction of sp³-hybridized carbons (Fsp3) is 0.222. The summed E-state index contributed by atoms with van der Waals surface area (Å²) < 4.78 is 5.56. The first-order chi connectivity index (χ1) is 11.1. The molecule has 0 aliphatic rings. The number of nitrogens with two attached hydrogens (primary N) is 2. The third-order valence-corrected chi connectivity index (χ3v) is 3.41. The van der Waals surface area contributed by atoms with E-state index in [1.54, 1.807) is 13.3 Å². The van der Waals surface area contributed by atoms with Crippen LogP contribution in [0.5, 0.6) is 5.75 Å². The van der Waals surface area contributed by atoms with Crippen molar-refractivity contribution in [2.24, 2.45) is 0 Å². The lowest BCUT2D eigenvalue weighted by molar-refractivity contribution is 0.412. The molecule has 0 bridgehead atoms. The average Bonchev–Trinajstić information content (AvgIpc) is 2.51. The Balaban J connectivity index is 2.49. The highest BCUT2D eigenvalue weighted by molar-refractivity contribution is 5.69. The molecule has 0 atom stereocenters. The summed E-state index contributed by atoms with van der Waals surface area (Å²) in [6, 6.07) is 4.17. The van der Waals surface area contributed by atoms with Crippen LogP contribution in [0.3, 0.4) is 0 Å². The Morgan fingerprint density at radius 1 is 1.09 bits per heavy atom. The zero-order chi connectivity index (χ0) is 16.8. The summed E-state index contributed by atoms with van der Waals surface area (Å²) in [4.78, 5) is 8.03. The second-order valence-electron chi connectivity index (χ2n) is 5.12. The van der Waals surface area contributed by atoms with Gasteiger partial charge < -0.3 is 16.2 Å². The molecule has 4 N–H and O–H groups in total. The zero-order valence-corrected chi connectivity index (χ0v) is 13.7. The van der Waals surface area contributed by atoms with E-state index in [9.17, 15) is 0 Å². The molecule has 0 amide bonds. The molecule has 5 heteroatoms. The van der Waals surface area contributed by atoms with Gasteiger partial charge in [0.25, 0.3) is 0 Å². The molecule has 1 heterocycles. The molecule has 2 aromatic rings. The minimum Gasteiger partial charge on any atom is -0.496 e. The van der Waals surface area contributed by atoms with Gasteiger partial charge in [-0.3, -0.25) is 0 Å². The molecular weight excluding hydrogens is 288 g/mol. The van der Waals surface area contributed by atoms with Gasteiger partial charge in [-0.1, -0.05) is 24.3 Å². The molecule has 0 radical (unpaired) electrons. The molecule has 23 heavy (non-hydrogen) atoms. The van der Waals surface area contributed by atoms with Gasteiger partial charge in [0.2, 0.25) is 5.95 Å². The van der Waals surface area contributed by atoms with Gasteiger partial charge in [0.05, 0.1) is 7.11 Å². The lowest BCUT2D eigenvalue weighted by atomic mass is 9.98. The summed E-state index contributed by atoms with van der Waals surface area (Å²) in [6.07, 6.45) is 10.3. The number of ether oxygens (including phenoxy) is 1. The molecule has 0 saturated carbocycles. The fourth-order valence-electron chi connectivity index (χ4n) is 2.47. The van der Waals surface area contributed by atoms with Crippen LogP contribution < -0.4 is 16.2 Å². The van der Waals surface area contributed by atoms with E-state index in [1.165, 1.54) is 0 Å². The molecule has 0 aliphatic heterocycles. The third kappa shape index (κ3) is 3.88. The number of methoxy groups -OCH3 is 1. The molecule has 1 aromatic carbocycles. The molecule has 0 fully saturated rings. The van der Waals surface area contributed by atoms with E-state index < -0.39 is 0 Å². The summed E-state index contributed by atoms with van der Waals surface area (Å²) >= 11 is 0. The van der Waals surface area contributed by atoms with E-state index in [4.69, 9.17) is 16.2 Å².